The largest absolute Gasteiger partial charge is 0.344 e. The molecule has 0 bridgehead atoms. The van der Waals surface area contributed by atoms with E-state index in [1.54, 1.807) is 36.5 Å². The lowest BCUT2D eigenvalue weighted by Crippen LogP contribution is -2.52. The number of Topliss-reactive ketones (excluding diaryl/α,β-unsaturated/α-hetero) is 1. The van der Waals surface area contributed by atoms with Gasteiger partial charge in [-0.05, 0) is 49.4 Å². The molecule has 4 rings (SSSR count). The van der Waals surface area contributed by atoms with Crippen molar-refractivity contribution in [3.05, 3.63) is 66.5 Å². The first-order valence-corrected chi connectivity index (χ1v) is 14.0. The fourth-order valence-electron chi connectivity index (χ4n) is 4.48. The van der Waals surface area contributed by atoms with Crippen molar-refractivity contribution in [2.24, 2.45) is 5.92 Å². The van der Waals surface area contributed by atoms with Crippen LogP contribution in [0.5, 0.6) is 0 Å². The maximum Gasteiger partial charge on any atom is 0.260 e. The first kappa shape index (κ1) is 27.3. The van der Waals surface area contributed by atoms with Crippen LogP contribution in [0.3, 0.4) is 0 Å². The molecule has 38 heavy (non-hydrogen) atoms. The third-order valence-corrected chi connectivity index (χ3v) is 8.15. The van der Waals surface area contributed by atoms with Gasteiger partial charge in [0.1, 0.15) is 6.04 Å². The Labute approximate surface area is 221 Å². The second kappa shape index (κ2) is 11.8. The maximum atomic E-state index is 13.3. The quantitative estimate of drug-likeness (QED) is 0.450. The van der Waals surface area contributed by atoms with Crippen LogP contribution in [0.15, 0.2) is 66.0 Å². The van der Waals surface area contributed by atoms with Gasteiger partial charge in [-0.25, -0.2) is 13.4 Å². The molecule has 2 N–H and O–H groups in total. The number of amides is 2. The van der Waals surface area contributed by atoms with Gasteiger partial charge in [0.05, 0.1) is 23.7 Å². The van der Waals surface area contributed by atoms with Crippen LogP contribution in [0.4, 0.5) is 0 Å². The van der Waals surface area contributed by atoms with E-state index in [0.29, 0.717) is 23.9 Å². The minimum atomic E-state index is -3.94. The summed E-state index contributed by atoms with van der Waals surface area (Å²) >= 11 is 0. The van der Waals surface area contributed by atoms with Crippen LogP contribution < -0.4 is 10.6 Å². The molecule has 3 heterocycles. The Bertz CT molecular complexity index is 1420. The van der Waals surface area contributed by atoms with Gasteiger partial charge in [0.15, 0.2) is 10.8 Å². The summed E-state index contributed by atoms with van der Waals surface area (Å²) in [5.41, 5.74) is 0.884. The van der Waals surface area contributed by atoms with Crippen LogP contribution >= 0.6 is 0 Å². The zero-order valence-corrected chi connectivity index (χ0v) is 22.1. The van der Waals surface area contributed by atoms with Gasteiger partial charge in [-0.2, -0.15) is 4.31 Å². The van der Waals surface area contributed by atoms with E-state index < -0.39 is 39.7 Å². The number of hydrogen-bond donors (Lipinski definition) is 2. The average molecular weight is 538 g/mol. The van der Waals surface area contributed by atoms with E-state index in [4.69, 9.17) is 0 Å². The summed E-state index contributed by atoms with van der Waals surface area (Å²) in [6.45, 7) is 3.64. The van der Waals surface area contributed by atoms with Crippen LogP contribution in [0, 0.1) is 5.92 Å². The molecule has 11 heteroatoms. The summed E-state index contributed by atoms with van der Waals surface area (Å²) < 4.78 is 27.0. The number of hydrogen-bond acceptors (Lipinski definition) is 7. The van der Waals surface area contributed by atoms with Gasteiger partial charge >= 0.3 is 0 Å². The number of rotatable bonds is 8. The normalized spacial score (nSPS) is 17.7. The smallest absolute Gasteiger partial charge is 0.260 e. The van der Waals surface area contributed by atoms with E-state index in [1.165, 1.54) is 12.3 Å². The van der Waals surface area contributed by atoms with Gasteiger partial charge in [-0.1, -0.05) is 38.1 Å². The van der Waals surface area contributed by atoms with Crippen LogP contribution in [0.2, 0.25) is 0 Å². The number of aromatic nitrogens is 2. The zero-order valence-electron chi connectivity index (χ0n) is 21.3. The van der Waals surface area contributed by atoms with Crippen molar-refractivity contribution in [3.63, 3.8) is 0 Å². The summed E-state index contributed by atoms with van der Waals surface area (Å²) in [4.78, 5) is 47.7. The summed E-state index contributed by atoms with van der Waals surface area (Å²) in [7, 11) is -3.94. The third-order valence-electron chi connectivity index (χ3n) is 6.39. The van der Waals surface area contributed by atoms with Gasteiger partial charge in [-0.3, -0.25) is 19.4 Å². The van der Waals surface area contributed by atoms with Gasteiger partial charge in [0.25, 0.3) is 15.9 Å². The molecule has 1 aliphatic rings. The lowest BCUT2D eigenvalue weighted by Gasteiger charge is -2.23. The molecule has 0 saturated carbocycles. The van der Waals surface area contributed by atoms with E-state index in [0.717, 1.165) is 9.69 Å². The molecule has 3 aromatic rings. The number of ketones is 1. The molecule has 2 atom stereocenters. The van der Waals surface area contributed by atoms with E-state index >= 15 is 0 Å². The maximum absolute atomic E-state index is 13.3. The highest BCUT2D eigenvalue weighted by Gasteiger charge is 2.35. The van der Waals surface area contributed by atoms with Crippen LogP contribution in [0.1, 0.15) is 43.5 Å². The molecule has 1 aromatic carbocycles. The molecule has 10 nitrogen and oxygen atoms in total. The summed E-state index contributed by atoms with van der Waals surface area (Å²) in [5, 5.41) is 6.26. The Morgan fingerprint density at radius 3 is 2.55 bits per heavy atom. The predicted octanol–water partition coefficient (Wildman–Crippen LogP) is 2.31. The number of carbonyl (C=O) groups excluding carboxylic acids is 3. The fourth-order valence-corrected chi connectivity index (χ4v) is 5.86. The van der Waals surface area contributed by atoms with Gasteiger partial charge in [0, 0.05) is 24.3 Å². The zero-order chi connectivity index (χ0) is 27.3. The van der Waals surface area contributed by atoms with Crippen LogP contribution in [-0.4, -0.2) is 65.5 Å². The Balaban J connectivity index is 1.47. The first-order chi connectivity index (χ1) is 18.2. The molecule has 1 aliphatic heterocycles. The number of fused-ring (bicyclic) bond motifs is 1. The number of carbonyl (C=O) groups is 3. The molecule has 1 fully saturated rings. The third kappa shape index (κ3) is 6.22. The Morgan fingerprint density at radius 1 is 1.05 bits per heavy atom. The molecular formula is C27H31N5O5S. The van der Waals surface area contributed by atoms with Gasteiger partial charge in [-0.15, -0.1) is 0 Å². The van der Waals surface area contributed by atoms with Crippen molar-refractivity contribution in [3.8, 4) is 0 Å². The molecular weight excluding hydrogens is 506 g/mol. The van der Waals surface area contributed by atoms with Crippen molar-refractivity contribution < 1.29 is 22.8 Å². The molecule has 1 saturated heterocycles. The predicted molar refractivity (Wildman–Crippen MR) is 142 cm³/mol. The minimum Gasteiger partial charge on any atom is -0.344 e. The second-order valence-electron chi connectivity index (χ2n) is 9.71. The van der Waals surface area contributed by atoms with E-state index in [9.17, 15) is 22.8 Å². The highest BCUT2D eigenvalue weighted by Crippen LogP contribution is 2.19. The number of nitrogens with one attached hydrogen (secondary N) is 2. The minimum absolute atomic E-state index is 0.0838. The van der Waals surface area contributed by atoms with Crippen molar-refractivity contribution >= 4 is 38.5 Å². The number of pyridine rings is 2. The topological polar surface area (TPSA) is 138 Å². The van der Waals surface area contributed by atoms with E-state index in [-0.39, 0.29) is 30.5 Å². The molecule has 1 unspecified atom stereocenters. The standard InChI is InChI=1S/C27H31N5O5S/c1-18(2)16-22(31-26(34)20-10-5-8-19-9-6-14-29-25(19)20)27(35)30-21-11-7-15-32(17-23(21)33)38(36,37)24-12-3-4-13-28-24/h3-6,8-10,12-14,18,21-22H,7,11,15-17H2,1-2H3,(H,30,35)(H,31,34)/t21-,22?/m0/s1. The number of para-hydroxylation sites is 1. The van der Waals surface area contributed by atoms with Crippen molar-refractivity contribution in [1.29, 1.82) is 0 Å². The molecule has 2 aromatic heterocycles. The second-order valence-corrected chi connectivity index (χ2v) is 11.6. The number of sulfonamides is 1. The Morgan fingerprint density at radius 2 is 1.82 bits per heavy atom. The number of nitrogens with zero attached hydrogens (tertiary/aromatic N) is 3. The highest BCUT2D eigenvalue weighted by molar-refractivity contribution is 7.89. The van der Waals surface area contributed by atoms with Crippen LogP contribution in [-0.2, 0) is 19.6 Å². The summed E-state index contributed by atoms with van der Waals surface area (Å²) in [6, 6.07) is 11.7. The summed E-state index contributed by atoms with van der Waals surface area (Å²) in [5.74, 6) is -1.25. The monoisotopic (exact) mass is 537 g/mol. The molecule has 200 valence electrons. The van der Waals surface area contributed by atoms with Crippen molar-refractivity contribution in [2.75, 3.05) is 13.1 Å². The van der Waals surface area contributed by atoms with Crippen LogP contribution in [0.25, 0.3) is 10.9 Å². The average Bonchev–Trinajstić information content (AvgIpc) is 3.09. The number of benzene rings is 1. The summed E-state index contributed by atoms with van der Waals surface area (Å²) in [6.07, 6.45) is 4.01. The lowest BCUT2D eigenvalue weighted by atomic mass is 10.0. The first-order valence-electron chi connectivity index (χ1n) is 12.6. The van der Waals surface area contributed by atoms with Gasteiger partial charge < -0.3 is 10.6 Å². The Hall–Kier alpha value is -3.70. The SMILES string of the molecule is CC(C)CC(NC(=O)c1cccc2cccnc12)C(=O)N[C@H]1CCCN(S(=O)(=O)c2ccccn2)CC1=O. The molecule has 0 radical (unpaired) electrons. The molecule has 0 spiro atoms. The van der Waals surface area contributed by atoms with E-state index in [1.807, 2.05) is 26.0 Å². The fraction of sp³-hybridized carbons (Fsp3) is 0.370. The molecule has 2 amide bonds. The van der Waals surface area contributed by atoms with Crippen molar-refractivity contribution in [1.82, 2.24) is 24.9 Å². The van der Waals surface area contributed by atoms with E-state index in [2.05, 4.69) is 20.6 Å². The van der Waals surface area contributed by atoms with Crippen molar-refractivity contribution in [2.45, 2.75) is 50.2 Å². The Kier molecular flexibility index (Phi) is 8.48. The highest BCUT2D eigenvalue weighted by atomic mass is 32.2. The lowest BCUT2D eigenvalue weighted by molar-refractivity contribution is -0.129. The van der Waals surface area contributed by atoms with Gasteiger partial charge in [0.2, 0.25) is 5.91 Å². The molecule has 0 aliphatic carbocycles.